The molecule has 23 heavy (non-hydrogen) atoms. The quantitative estimate of drug-likeness (QED) is 0.638. The van der Waals surface area contributed by atoms with Crippen molar-refractivity contribution in [2.45, 2.75) is 13.0 Å². The first-order valence-electron chi connectivity index (χ1n) is 7.87. The number of amides is 2. The zero-order valence-electron chi connectivity index (χ0n) is 13.7. The standard InChI is InChI=1S/C16H24N4O3/c1-12(18-11-15(21)17-2)16(22)19-13-3-5-14(6-4-13)20-7-9-23-10-8-20/h3-6,12,18H,7-11H2,1-2H3,(H,17,21)(H,19,22)/p+1/t12-/m0/s1. The zero-order chi connectivity index (χ0) is 16.7. The Bertz CT molecular complexity index is 527. The molecule has 0 spiro atoms. The number of rotatable bonds is 6. The number of carbonyl (C=O) groups excluding carboxylic acids is 2. The van der Waals surface area contributed by atoms with Crippen LogP contribution in [0.3, 0.4) is 0 Å². The third-order valence-electron chi connectivity index (χ3n) is 3.86. The van der Waals surface area contributed by atoms with Crippen LogP contribution in [0.4, 0.5) is 11.4 Å². The molecule has 0 unspecified atom stereocenters. The number of nitrogens with zero attached hydrogens (tertiary/aromatic N) is 1. The molecule has 0 saturated carbocycles. The Morgan fingerprint density at radius 3 is 2.52 bits per heavy atom. The van der Waals surface area contributed by atoms with Crippen molar-refractivity contribution in [2.75, 3.05) is 50.1 Å². The summed E-state index contributed by atoms with van der Waals surface area (Å²) >= 11 is 0. The van der Waals surface area contributed by atoms with Crippen LogP contribution >= 0.6 is 0 Å². The number of ether oxygens (including phenoxy) is 1. The van der Waals surface area contributed by atoms with Gasteiger partial charge in [0, 0.05) is 31.5 Å². The van der Waals surface area contributed by atoms with Crippen LogP contribution in [-0.2, 0) is 14.3 Å². The van der Waals surface area contributed by atoms with Crippen LogP contribution in [0, 0.1) is 0 Å². The average Bonchev–Trinajstić information content (AvgIpc) is 2.60. The third-order valence-corrected chi connectivity index (χ3v) is 3.86. The highest BCUT2D eigenvalue weighted by Gasteiger charge is 2.17. The number of morpholine rings is 1. The predicted molar refractivity (Wildman–Crippen MR) is 88.4 cm³/mol. The van der Waals surface area contributed by atoms with Gasteiger partial charge in [0.25, 0.3) is 11.8 Å². The summed E-state index contributed by atoms with van der Waals surface area (Å²) in [4.78, 5) is 25.6. The Morgan fingerprint density at radius 2 is 1.91 bits per heavy atom. The third kappa shape index (κ3) is 5.22. The van der Waals surface area contributed by atoms with E-state index in [0.717, 1.165) is 37.7 Å². The Labute approximate surface area is 136 Å². The molecule has 1 aliphatic heterocycles. The first kappa shape index (κ1) is 17.2. The maximum absolute atomic E-state index is 12.1. The molecule has 7 nitrogen and oxygen atoms in total. The molecule has 1 aromatic carbocycles. The van der Waals surface area contributed by atoms with Crippen molar-refractivity contribution in [1.29, 1.82) is 0 Å². The van der Waals surface area contributed by atoms with E-state index in [2.05, 4.69) is 15.5 Å². The van der Waals surface area contributed by atoms with Gasteiger partial charge in [0.15, 0.2) is 12.6 Å². The van der Waals surface area contributed by atoms with Gasteiger partial charge in [0.2, 0.25) is 0 Å². The van der Waals surface area contributed by atoms with E-state index in [-0.39, 0.29) is 24.4 Å². The van der Waals surface area contributed by atoms with Gasteiger partial charge >= 0.3 is 0 Å². The topological polar surface area (TPSA) is 87.3 Å². The highest BCUT2D eigenvalue weighted by Crippen LogP contribution is 2.18. The zero-order valence-corrected chi connectivity index (χ0v) is 13.7. The summed E-state index contributed by atoms with van der Waals surface area (Å²) < 4.78 is 5.34. The molecule has 1 heterocycles. The largest absolute Gasteiger partial charge is 0.378 e. The van der Waals surface area contributed by atoms with Gasteiger partial charge in [-0.05, 0) is 31.2 Å². The summed E-state index contributed by atoms with van der Waals surface area (Å²) in [5, 5.41) is 7.10. The molecule has 1 atom stereocenters. The smallest absolute Gasteiger partial charge is 0.282 e. The molecule has 0 radical (unpaired) electrons. The van der Waals surface area contributed by atoms with E-state index in [4.69, 9.17) is 4.74 Å². The highest BCUT2D eigenvalue weighted by molar-refractivity contribution is 5.93. The summed E-state index contributed by atoms with van der Waals surface area (Å²) in [5.74, 6) is -0.215. The van der Waals surface area contributed by atoms with Crippen molar-refractivity contribution in [2.24, 2.45) is 0 Å². The Morgan fingerprint density at radius 1 is 1.26 bits per heavy atom. The molecule has 0 aliphatic carbocycles. The van der Waals surface area contributed by atoms with Gasteiger partial charge in [-0.2, -0.15) is 0 Å². The highest BCUT2D eigenvalue weighted by atomic mass is 16.5. The van der Waals surface area contributed by atoms with Crippen molar-refractivity contribution >= 4 is 23.2 Å². The van der Waals surface area contributed by atoms with E-state index in [1.165, 1.54) is 0 Å². The molecule has 0 aromatic heterocycles. The van der Waals surface area contributed by atoms with E-state index in [0.29, 0.717) is 0 Å². The summed E-state index contributed by atoms with van der Waals surface area (Å²) in [5.41, 5.74) is 1.89. The van der Waals surface area contributed by atoms with Crippen molar-refractivity contribution in [1.82, 2.24) is 5.32 Å². The molecule has 1 saturated heterocycles. The van der Waals surface area contributed by atoms with Gasteiger partial charge < -0.3 is 25.6 Å². The molecular weight excluding hydrogens is 296 g/mol. The van der Waals surface area contributed by atoms with Crippen LogP contribution in [0.5, 0.6) is 0 Å². The maximum Gasteiger partial charge on any atom is 0.282 e. The van der Waals surface area contributed by atoms with Gasteiger partial charge in [0.05, 0.1) is 13.2 Å². The number of anilines is 2. The Balaban J connectivity index is 1.84. The molecule has 4 N–H and O–H groups in total. The fraction of sp³-hybridized carbons (Fsp3) is 0.500. The second-order valence-corrected chi connectivity index (χ2v) is 5.54. The molecule has 2 amide bonds. The lowest BCUT2D eigenvalue weighted by Crippen LogP contribution is -2.93. The molecule has 1 aromatic rings. The number of quaternary nitrogens is 1. The van der Waals surface area contributed by atoms with Crippen molar-refractivity contribution in [3.05, 3.63) is 24.3 Å². The molecular formula is C16H25N4O3+. The minimum Gasteiger partial charge on any atom is -0.378 e. The van der Waals surface area contributed by atoms with Gasteiger partial charge in [-0.3, -0.25) is 9.59 Å². The molecule has 2 rings (SSSR count). The van der Waals surface area contributed by atoms with E-state index in [9.17, 15) is 9.59 Å². The number of likely N-dealkylation sites (N-methyl/N-ethyl adjacent to an activating group) is 1. The van der Waals surface area contributed by atoms with Crippen molar-refractivity contribution in [3.63, 3.8) is 0 Å². The lowest BCUT2D eigenvalue weighted by molar-refractivity contribution is -0.662. The van der Waals surface area contributed by atoms with Crippen LogP contribution in [-0.4, -0.2) is 57.8 Å². The van der Waals surface area contributed by atoms with Crippen LogP contribution < -0.4 is 20.9 Å². The van der Waals surface area contributed by atoms with E-state index < -0.39 is 0 Å². The molecule has 1 fully saturated rings. The maximum atomic E-state index is 12.1. The van der Waals surface area contributed by atoms with Crippen molar-refractivity contribution < 1.29 is 19.6 Å². The average molecular weight is 321 g/mol. The number of nitrogens with one attached hydrogen (secondary N) is 2. The van der Waals surface area contributed by atoms with Crippen LogP contribution in [0.2, 0.25) is 0 Å². The number of benzene rings is 1. The first-order chi connectivity index (χ1) is 11.1. The summed E-state index contributed by atoms with van der Waals surface area (Å²) in [6.45, 7) is 5.28. The van der Waals surface area contributed by atoms with Crippen LogP contribution in [0.1, 0.15) is 6.92 Å². The minimum atomic E-state index is -0.328. The van der Waals surface area contributed by atoms with Gasteiger partial charge in [-0.25, -0.2) is 0 Å². The normalized spacial score (nSPS) is 15.8. The van der Waals surface area contributed by atoms with Gasteiger partial charge in [-0.1, -0.05) is 0 Å². The molecule has 7 heteroatoms. The SMILES string of the molecule is CNC(=O)C[NH2+][C@@H](C)C(=O)Nc1ccc(N2CCOCC2)cc1. The molecule has 126 valence electrons. The first-order valence-corrected chi connectivity index (χ1v) is 7.87. The predicted octanol–water partition coefficient (Wildman–Crippen LogP) is -0.840. The molecule has 0 bridgehead atoms. The van der Waals surface area contributed by atoms with Crippen LogP contribution in [0.25, 0.3) is 0 Å². The number of hydrogen-bond donors (Lipinski definition) is 3. The summed E-state index contributed by atoms with van der Waals surface area (Å²) in [6.07, 6.45) is 0. The Kier molecular flexibility index (Phi) is 6.37. The second kappa shape index (κ2) is 8.50. The van der Waals surface area contributed by atoms with E-state index in [1.807, 2.05) is 24.3 Å². The van der Waals surface area contributed by atoms with E-state index >= 15 is 0 Å². The lowest BCUT2D eigenvalue weighted by atomic mass is 10.2. The molecule has 1 aliphatic rings. The van der Waals surface area contributed by atoms with E-state index in [1.54, 1.807) is 19.3 Å². The number of hydrogen-bond acceptors (Lipinski definition) is 4. The van der Waals surface area contributed by atoms with Gasteiger partial charge in [0.1, 0.15) is 0 Å². The summed E-state index contributed by atoms with van der Waals surface area (Å²) in [6, 6.07) is 7.47. The van der Waals surface area contributed by atoms with Crippen LogP contribution in [0.15, 0.2) is 24.3 Å². The fourth-order valence-corrected chi connectivity index (χ4v) is 2.33. The minimum absolute atomic E-state index is 0.0977. The Hall–Kier alpha value is -2.12. The monoisotopic (exact) mass is 321 g/mol. The van der Waals surface area contributed by atoms with Gasteiger partial charge in [-0.15, -0.1) is 0 Å². The van der Waals surface area contributed by atoms with Crippen molar-refractivity contribution in [3.8, 4) is 0 Å². The number of carbonyl (C=O) groups is 2. The second-order valence-electron chi connectivity index (χ2n) is 5.54. The summed E-state index contributed by atoms with van der Waals surface area (Å²) in [7, 11) is 1.58. The number of nitrogens with two attached hydrogens (primary N) is 1. The lowest BCUT2D eigenvalue weighted by Gasteiger charge is -2.28. The fourth-order valence-electron chi connectivity index (χ4n) is 2.33.